The van der Waals surface area contributed by atoms with Crippen LogP contribution in [-0.4, -0.2) is 32.5 Å². The Balaban J connectivity index is 2.50. The highest BCUT2D eigenvalue weighted by Crippen LogP contribution is 2.30. The van der Waals surface area contributed by atoms with Crippen molar-refractivity contribution in [3.05, 3.63) is 0 Å². The smallest absolute Gasteiger partial charge is 0.150 e. The second-order valence-corrected chi connectivity index (χ2v) is 6.87. The van der Waals surface area contributed by atoms with Crippen LogP contribution >= 0.6 is 0 Å². The van der Waals surface area contributed by atoms with Crippen molar-refractivity contribution in [1.29, 1.82) is 0 Å². The zero-order valence-electron chi connectivity index (χ0n) is 8.63. The van der Waals surface area contributed by atoms with Crippen LogP contribution in [0.2, 0.25) is 0 Å². The van der Waals surface area contributed by atoms with Crippen LogP contribution in [0.4, 0.5) is 0 Å². The van der Waals surface area contributed by atoms with Crippen LogP contribution in [0.3, 0.4) is 0 Å². The van der Waals surface area contributed by atoms with E-state index >= 15 is 0 Å². The third-order valence-corrected chi connectivity index (χ3v) is 4.48. The Morgan fingerprint density at radius 1 is 1.46 bits per heavy atom. The van der Waals surface area contributed by atoms with Crippen molar-refractivity contribution in [2.75, 3.05) is 18.1 Å². The second-order valence-electron chi connectivity index (χ2n) is 4.69. The largest absolute Gasteiger partial charge is 0.314 e. The maximum Gasteiger partial charge on any atom is 0.150 e. The molecule has 1 heterocycles. The van der Waals surface area contributed by atoms with E-state index in [9.17, 15) is 8.42 Å². The predicted octanol–water partition coefficient (Wildman–Crippen LogP) is 0.809. The van der Waals surface area contributed by atoms with Crippen LogP contribution in [0, 0.1) is 5.41 Å². The molecule has 0 radical (unpaired) electrons. The quantitative estimate of drug-likeness (QED) is 0.741. The minimum absolute atomic E-state index is 0.0386. The molecular weight excluding hydrogens is 186 g/mol. The van der Waals surface area contributed by atoms with Crippen molar-refractivity contribution in [3.63, 3.8) is 0 Å². The van der Waals surface area contributed by atoms with Gasteiger partial charge in [0.15, 0.2) is 9.84 Å². The topological polar surface area (TPSA) is 46.2 Å². The van der Waals surface area contributed by atoms with E-state index in [1.165, 1.54) is 0 Å². The Bertz CT molecular complexity index is 271. The van der Waals surface area contributed by atoms with E-state index in [0.717, 1.165) is 13.0 Å². The molecule has 1 fully saturated rings. The molecular formula is C9H19NO2S. The fraction of sp³-hybridized carbons (Fsp3) is 1.00. The summed E-state index contributed by atoms with van der Waals surface area (Å²) < 4.78 is 22.5. The molecule has 0 amide bonds. The van der Waals surface area contributed by atoms with Crippen LogP contribution in [0.5, 0.6) is 0 Å². The fourth-order valence-electron chi connectivity index (χ4n) is 1.67. The number of sulfone groups is 1. The normalized spacial score (nSPS) is 32.6. The van der Waals surface area contributed by atoms with Crippen molar-refractivity contribution in [1.82, 2.24) is 5.32 Å². The van der Waals surface area contributed by atoms with Crippen molar-refractivity contribution < 1.29 is 8.42 Å². The average Bonchev–Trinajstić information content (AvgIpc) is 2.23. The summed E-state index contributed by atoms with van der Waals surface area (Å²) in [5.41, 5.74) is -0.0386. The van der Waals surface area contributed by atoms with Crippen LogP contribution in [0.25, 0.3) is 0 Å². The van der Waals surface area contributed by atoms with E-state index in [0.29, 0.717) is 17.5 Å². The summed E-state index contributed by atoms with van der Waals surface area (Å²) in [5.74, 6) is 0.711. The highest BCUT2D eigenvalue weighted by molar-refractivity contribution is 7.91. The molecule has 1 aliphatic heterocycles. The SMILES string of the molecule is CC(C)NCC1(C)CCS(=O)(=O)C1. The first-order valence-corrected chi connectivity index (χ1v) is 6.59. The molecule has 1 saturated heterocycles. The molecule has 1 atom stereocenters. The molecule has 0 saturated carbocycles. The molecule has 13 heavy (non-hydrogen) atoms. The number of nitrogens with one attached hydrogen (secondary N) is 1. The molecule has 0 aromatic rings. The minimum Gasteiger partial charge on any atom is -0.314 e. The van der Waals surface area contributed by atoms with Gasteiger partial charge in [-0.2, -0.15) is 0 Å². The predicted molar refractivity (Wildman–Crippen MR) is 54.5 cm³/mol. The summed E-state index contributed by atoms with van der Waals surface area (Å²) in [6.07, 6.45) is 0.801. The Labute approximate surface area is 80.8 Å². The van der Waals surface area contributed by atoms with Gasteiger partial charge in [-0.05, 0) is 11.8 Å². The molecule has 0 spiro atoms. The Kier molecular flexibility index (Phi) is 3.02. The van der Waals surface area contributed by atoms with Crippen LogP contribution in [-0.2, 0) is 9.84 Å². The Hall–Kier alpha value is -0.0900. The highest BCUT2D eigenvalue weighted by Gasteiger charge is 2.37. The maximum absolute atomic E-state index is 11.3. The van der Waals surface area contributed by atoms with E-state index in [4.69, 9.17) is 0 Å². The summed E-state index contributed by atoms with van der Waals surface area (Å²) in [4.78, 5) is 0. The molecule has 1 N–H and O–H groups in total. The van der Waals surface area contributed by atoms with Gasteiger partial charge in [-0.1, -0.05) is 20.8 Å². The summed E-state index contributed by atoms with van der Waals surface area (Å²) in [6.45, 7) is 7.01. The van der Waals surface area contributed by atoms with Crippen LogP contribution < -0.4 is 5.32 Å². The van der Waals surface area contributed by atoms with E-state index in [1.54, 1.807) is 0 Å². The number of rotatable bonds is 3. The minimum atomic E-state index is -2.74. The highest BCUT2D eigenvalue weighted by atomic mass is 32.2. The van der Waals surface area contributed by atoms with E-state index < -0.39 is 9.84 Å². The van der Waals surface area contributed by atoms with Gasteiger partial charge < -0.3 is 5.32 Å². The fourth-order valence-corrected chi connectivity index (χ4v) is 3.92. The molecule has 1 aliphatic rings. The van der Waals surface area contributed by atoms with Gasteiger partial charge in [0.05, 0.1) is 11.5 Å². The van der Waals surface area contributed by atoms with E-state index in [2.05, 4.69) is 19.2 Å². The third-order valence-electron chi connectivity index (χ3n) is 2.52. The van der Waals surface area contributed by atoms with Gasteiger partial charge >= 0.3 is 0 Å². The summed E-state index contributed by atoms with van der Waals surface area (Å²) >= 11 is 0. The molecule has 4 heteroatoms. The number of hydrogen-bond acceptors (Lipinski definition) is 3. The van der Waals surface area contributed by atoms with Crippen molar-refractivity contribution in [2.45, 2.75) is 33.2 Å². The lowest BCUT2D eigenvalue weighted by atomic mass is 9.90. The van der Waals surface area contributed by atoms with Crippen molar-refractivity contribution in [2.24, 2.45) is 5.41 Å². The zero-order valence-corrected chi connectivity index (χ0v) is 9.45. The standard InChI is InChI=1S/C9H19NO2S/c1-8(2)10-6-9(3)4-5-13(11,12)7-9/h8,10H,4-7H2,1-3H3. The lowest BCUT2D eigenvalue weighted by Crippen LogP contribution is -2.36. The van der Waals surface area contributed by atoms with E-state index in [1.807, 2.05) is 6.92 Å². The second kappa shape index (κ2) is 3.58. The first kappa shape index (κ1) is 11.0. The molecule has 0 bridgehead atoms. The molecule has 0 aromatic heterocycles. The average molecular weight is 205 g/mol. The van der Waals surface area contributed by atoms with Crippen molar-refractivity contribution >= 4 is 9.84 Å². The van der Waals surface area contributed by atoms with Gasteiger partial charge in [-0.15, -0.1) is 0 Å². The molecule has 1 rings (SSSR count). The van der Waals surface area contributed by atoms with Gasteiger partial charge in [0, 0.05) is 12.6 Å². The summed E-state index contributed by atoms with van der Waals surface area (Å²) in [6, 6.07) is 0.431. The summed E-state index contributed by atoms with van der Waals surface area (Å²) in [5, 5.41) is 3.30. The lowest BCUT2D eigenvalue weighted by molar-refractivity contribution is 0.337. The molecule has 0 aromatic carbocycles. The molecule has 0 aliphatic carbocycles. The zero-order chi connectivity index (χ0) is 10.1. The monoisotopic (exact) mass is 205 g/mol. The molecule has 1 unspecified atom stereocenters. The first-order chi connectivity index (χ1) is 5.83. The Morgan fingerprint density at radius 2 is 2.08 bits per heavy atom. The molecule has 78 valence electrons. The van der Waals surface area contributed by atoms with Gasteiger partial charge in [0.2, 0.25) is 0 Å². The van der Waals surface area contributed by atoms with E-state index in [-0.39, 0.29) is 5.41 Å². The third kappa shape index (κ3) is 3.27. The van der Waals surface area contributed by atoms with Gasteiger partial charge in [-0.3, -0.25) is 0 Å². The van der Waals surface area contributed by atoms with Crippen LogP contribution in [0.1, 0.15) is 27.2 Å². The number of hydrogen-bond donors (Lipinski definition) is 1. The first-order valence-electron chi connectivity index (χ1n) is 4.77. The van der Waals surface area contributed by atoms with Gasteiger partial charge in [0.25, 0.3) is 0 Å². The lowest BCUT2D eigenvalue weighted by Gasteiger charge is -2.23. The maximum atomic E-state index is 11.3. The van der Waals surface area contributed by atoms with Crippen LogP contribution in [0.15, 0.2) is 0 Å². The molecule has 3 nitrogen and oxygen atoms in total. The van der Waals surface area contributed by atoms with Gasteiger partial charge in [-0.25, -0.2) is 8.42 Å². The Morgan fingerprint density at radius 3 is 2.46 bits per heavy atom. The summed E-state index contributed by atoms with van der Waals surface area (Å²) in [7, 11) is -2.74. The van der Waals surface area contributed by atoms with Crippen molar-refractivity contribution in [3.8, 4) is 0 Å². The van der Waals surface area contributed by atoms with Gasteiger partial charge in [0.1, 0.15) is 0 Å².